The molecule has 92 valence electrons. The summed E-state index contributed by atoms with van der Waals surface area (Å²) in [4.78, 5) is 10.8. The number of halogens is 1. The topological polar surface area (TPSA) is 26.3 Å². The van der Waals surface area contributed by atoms with Crippen LogP contribution in [0.3, 0.4) is 0 Å². The molecule has 1 rings (SSSR count). The Morgan fingerprint density at radius 3 is 2.82 bits per heavy atom. The molecule has 0 saturated carbocycles. The molecule has 0 aromatic heterocycles. The highest BCUT2D eigenvalue weighted by Crippen LogP contribution is 2.25. The third-order valence-corrected chi connectivity index (χ3v) is 2.52. The van der Waals surface area contributed by atoms with Crippen LogP contribution in [0, 0.1) is 0 Å². The molecule has 17 heavy (non-hydrogen) atoms. The zero-order valence-electron chi connectivity index (χ0n) is 10.2. The van der Waals surface area contributed by atoms with Crippen LogP contribution in [0.25, 0.3) is 6.08 Å². The van der Waals surface area contributed by atoms with Crippen molar-refractivity contribution in [2.75, 3.05) is 6.61 Å². The van der Waals surface area contributed by atoms with Gasteiger partial charge >= 0.3 is 0 Å². The van der Waals surface area contributed by atoms with E-state index in [4.69, 9.17) is 16.3 Å². The van der Waals surface area contributed by atoms with Crippen molar-refractivity contribution in [3.63, 3.8) is 0 Å². The van der Waals surface area contributed by atoms with Crippen molar-refractivity contribution >= 4 is 23.5 Å². The lowest BCUT2D eigenvalue weighted by Crippen LogP contribution is -1.92. The monoisotopic (exact) mass is 252 g/mol. The van der Waals surface area contributed by atoms with E-state index >= 15 is 0 Å². The van der Waals surface area contributed by atoms with Gasteiger partial charge in [0.25, 0.3) is 0 Å². The Labute approximate surface area is 107 Å². The molecule has 0 atom stereocenters. The molecule has 0 heterocycles. The van der Waals surface area contributed by atoms with Crippen LogP contribution in [-0.4, -0.2) is 12.4 Å². The Morgan fingerprint density at radius 1 is 1.47 bits per heavy atom. The molecule has 3 heteroatoms. The summed E-state index contributed by atoms with van der Waals surface area (Å²) in [6.45, 7) is 4.13. The minimum absolute atomic E-state index is 0.208. The minimum Gasteiger partial charge on any atom is -0.492 e. The number of ether oxygens (including phenoxy) is 1. The number of rotatable bonds is 6. The van der Waals surface area contributed by atoms with E-state index in [1.54, 1.807) is 6.92 Å². The molecule has 0 amide bonds. The van der Waals surface area contributed by atoms with Gasteiger partial charge < -0.3 is 9.53 Å². The van der Waals surface area contributed by atoms with Crippen molar-refractivity contribution in [3.05, 3.63) is 34.9 Å². The summed E-state index contributed by atoms with van der Waals surface area (Å²) < 4.78 is 5.35. The zero-order valence-corrected chi connectivity index (χ0v) is 11.0. The van der Waals surface area contributed by atoms with Crippen molar-refractivity contribution in [1.82, 2.24) is 0 Å². The second kappa shape index (κ2) is 7.13. The number of Topliss-reactive ketones (excluding diaryl/α,β-unsaturated/α-hetero) is 1. The van der Waals surface area contributed by atoms with Crippen LogP contribution in [0.2, 0.25) is 5.02 Å². The van der Waals surface area contributed by atoms with Gasteiger partial charge in [0.2, 0.25) is 0 Å². The highest BCUT2D eigenvalue weighted by atomic mass is 35.5. The van der Waals surface area contributed by atoms with Gasteiger partial charge in [0.05, 0.1) is 11.6 Å². The van der Waals surface area contributed by atoms with Gasteiger partial charge in [0.15, 0.2) is 0 Å². The maximum atomic E-state index is 10.8. The third-order valence-electron chi connectivity index (χ3n) is 2.23. The first-order chi connectivity index (χ1) is 8.13. The molecule has 1 aromatic carbocycles. The smallest absolute Gasteiger partial charge is 0.137 e. The summed E-state index contributed by atoms with van der Waals surface area (Å²) in [5, 5.41) is 0.612. The van der Waals surface area contributed by atoms with Crippen molar-refractivity contribution in [2.24, 2.45) is 0 Å². The van der Waals surface area contributed by atoms with Gasteiger partial charge in [0, 0.05) is 6.42 Å². The maximum Gasteiger partial charge on any atom is 0.137 e. The van der Waals surface area contributed by atoms with Gasteiger partial charge in [-0.15, -0.1) is 0 Å². The lowest BCUT2D eigenvalue weighted by Gasteiger charge is -2.05. The van der Waals surface area contributed by atoms with E-state index in [-0.39, 0.29) is 5.78 Å². The molecular formula is C14H17ClO2. The SMILES string of the molecule is CCOc1ccc(/C=C/CCC(C)=O)cc1Cl. The minimum atomic E-state index is 0.208. The van der Waals surface area contributed by atoms with Crippen LogP contribution in [-0.2, 0) is 4.79 Å². The Morgan fingerprint density at radius 2 is 2.24 bits per heavy atom. The van der Waals surface area contributed by atoms with E-state index in [1.165, 1.54) is 0 Å². The Balaban J connectivity index is 2.60. The lowest BCUT2D eigenvalue weighted by atomic mass is 10.1. The van der Waals surface area contributed by atoms with Gasteiger partial charge in [0.1, 0.15) is 11.5 Å². The Bertz CT molecular complexity index is 411. The van der Waals surface area contributed by atoms with E-state index in [0.29, 0.717) is 23.8 Å². The van der Waals surface area contributed by atoms with Gasteiger partial charge in [-0.05, 0) is 38.0 Å². The molecule has 0 aliphatic heterocycles. The number of hydrogen-bond acceptors (Lipinski definition) is 2. The summed E-state index contributed by atoms with van der Waals surface area (Å²) >= 11 is 6.06. The summed E-state index contributed by atoms with van der Waals surface area (Å²) in [5.41, 5.74) is 1.02. The molecule has 0 unspecified atom stereocenters. The average molecular weight is 253 g/mol. The molecule has 0 saturated heterocycles. The van der Waals surface area contributed by atoms with Gasteiger partial charge in [-0.25, -0.2) is 0 Å². The Kier molecular flexibility index (Phi) is 5.78. The highest BCUT2D eigenvalue weighted by molar-refractivity contribution is 6.32. The van der Waals surface area contributed by atoms with Crippen LogP contribution in [0.1, 0.15) is 32.3 Å². The normalized spacial score (nSPS) is 10.8. The van der Waals surface area contributed by atoms with E-state index in [9.17, 15) is 4.79 Å². The summed E-state index contributed by atoms with van der Waals surface area (Å²) in [7, 11) is 0. The zero-order chi connectivity index (χ0) is 12.7. The first-order valence-corrected chi connectivity index (χ1v) is 6.09. The molecule has 0 bridgehead atoms. The van der Waals surface area contributed by atoms with Crippen molar-refractivity contribution in [3.8, 4) is 5.75 Å². The standard InChI is InChI=1S/C14H17ClO2/c1-3-17-14-9-8-12(10-13(14)15)7-5-4-6-11(2)16/h5,7-10H,3-4,6H2,1-2H3/b7-5+. The van der Waals surface area contributed by atoms with E-state index in [2.05, 4.69) is 0 Å². The average Bonchev–Trinajstić information content (AvgIpc) is 2.28. The van der Waals surface area contributed by atoms with Gasteiger partial charge in [-0.2, -0.15) is 0 Å². The number of benzene rings is 1. The predicted molar refractivity (Wildman–Crippen MR) is 71.6 cm³/mol. The number of allylic oxidation sites excluding steroid dienone is 1. The van der Waals surface area contributed by atoms with Crippen molar-refractivity contribution < 1.29 is 9.53 Å². The number of carbonyl (C=O) groups excluding carboxylic acids is 1. The van der Waals surface area contributed by atoms with Crippen LogP contribution in [0.15, 0.2) is 24.3 Å². The molecule has 0 aliphatic rings. The molecule has 0 radical (unpaired) electrons. The first-order valence-electron chi connectivity index (χ1n) is 5.71. The summed E-state index contributed by atoms with van der Waals surface area (Å²) in [6, 6.07) is 5.66. The molecular weight excluding hydrogens is 236 g/mol. The number of carbonyl (C=O) groups is 1. The van der Waals surface area contributed by atoms with E-state index in [1.807, 2.05) is 37.3 Å². The molecule has 0 spiro atoms. The van der Waals surface area contributed by atoms with Crippen LogP contribution >= 0.6 is 11.6 Å². The summed E-state index contributed by atoms with van der Waals surface area (Å²) in [6.07, 6.45) is 5.29. The summed E-state index contributed by atoms with van der Waals surface area (Å²) in [5.74, 6) is 0.912. The van der Waals surface area contributed by atoms with E-state index in [0.717, 1.165) is 12.0 Å². The number of hydrogen-bond donors (Lipinski definition) is 0. The quantitative estimate of drug-likeness (QED) is 0.761. The molecule has 0 aliphatic carbocycles. The molecule has 0 N–H and O–H groups in total. The van der Waals surface area contributed by atoms with Crippen LogP contribution in [0.4, 0.5) is 0 Å². The highest BCUT2D eigenvalue weighted by Gasteiger charge is 2.00. The van der Waals surface area contributed by atoms with Crippen molar-refractivity contribution in [2.45, 2.75) is 26.7 Å². The van der Waals surface area contributed by atoms with Crippen molar-refractivity contribution in [1.29, 1.82) is 0 Å². The maximum absolute atomic E-state index is 10.8. The molecule has 1 aromatic rings. The largest absolute Gasteiger partial charge is 0.492 e. The number of ketones is 1. The molecule has 2 nitrogen and oxygen atoms in total. The fourth-order valence-corrected chi connectivity index (χ4v) is 1.64. The van der Waals surface area contributed by atoms with Crippen LogP contribution < -0.4 is 4.74 Å². The van der Waals surface area contributed by atoms with Gasteiger partial charge in [-0.1, -0.05) is 29.8 Å². The van der Waals surface area contributed by atoms with E-state index < -0.39 is 0 Å². The Hall–Kier alpha value is -1.28. The molecule has 0 fully saturated rings. The van der Waals surface area contributed by atoms with Crippen LogP contribution in [0.5, 0.6) is 5.75 Å². The second-order valence-corrected chi connectivity index (χ2v) is 4.17. The van der Waals surface area contributed by atoms with Gasteiger partial charge in [-0.3, -0.25) is 0 Å². The first kappa shape index (κ1) is 13.8. The fraction of sp³-hybridized carbons (Fsp3) is 0.357. The fourth-order valence-electron chi connectivity index (χ4n) is 1.40. The third kappa shape index (κ3) is 5.05. The second-order valence-electron chi connectivity index (χ2n) is 3.77. The predicted octanol–water partition coefficient (Wildman–Crippen LogP) is 4.12. The lowest BCUT2D eigenvalue weighted by molar-refractivity contribution is -0.116.